The first-order valence-electron chi connectivity index (χ1n) is 5.80. The summed E-state index contributed by atoms with van der Waals surface area (Å²) in [5.41, 5.74) is 7.45. The Kier molecular flexibility index (Phi) is 3.66. The molecule has 0 atom stereocenters. The van der Waals surface area contributed by atoms with Gasteiger partial charge in [-0.1, -0.05) is 11.6 Å². The van der Waals surface area contributed by atoms with E-state index in [0.717, 1.165) is 0 Å². The molecule has 108 valence electrons. The smallest absolute Gasteiger partial charge is 0.263 e. The van der Waals surface area contributed by atoms with Crippen molar-refractivity contribution in [2.24, 2.45) is 7.05 Å². The van der Waals surface area contributed by atoms with Crippen LogP contribution < -0.4 is 10.5 Å². The molecular weight excluding hydrogens is 300 g/mol. The van der Waals surface area contributed by atoms with Crippen LogP contribution in [-0.4, -0.2) is 18.2 Å². The van der Waals surface area contributed by atoms with Crippen molar-refractivity contribution in [3.63, 3.8) is 0 Å². The average molecular weight is 315 g/mol. The molecule has 1 aromatic carbocycles. The standard InChI is InChI=1S/C12H15ClN4O2S/c1-7-4-12(17(3)15-7)16-20(18,19)9-5-10(13)8(2)11(14)6-9/h4-6,16H,14H2,1-3H3. The van der Waals surface area contributed by atoms with Gasteiger partial charge in [0.25, 0.3) is 10.0 Å². The van der Waals surface area contributed by atoms with Gasteiger partial charge in [-0.3, -0.25) is 9.40 Å². The Morgan fingerprint density at radius 1 is 1.30 bits per heavy atom. The quantitative estimate of drug-likeness (QED) is 0.849. The van der Waals surface area contributed by atoms with E-state index in [1.54, 1.807) is 27.0 Å². The van der Waals surface area contributed by atoms with E-state index in [1.807, 2.05) is 0 Å². The van der Waals surface area contributed by atoms with E-state index in [0.29, 0.717) is 27.8 Å². The Hall–Kier alpha value is -1.73. The lowest BCUT2D eigenvalue weighted by Gasteiger charge is -2.10. The summed E-state index contributed by atoms with van der Waals surface area (Å²) in [7, 11) is -2.11. The van der Waals surface area contributed by atoms with E-state index in [2.05, 4.69) is 9.82 Å². The molecule has 0 saturated carbocycles. The number of hydrogen-bond donors (Lipinski definition) is 2. The second kappa shape index (κ2) is 4.99. The second-order valence-electron chi connectivity index (χ2n) is 4.52. The molecule has 20 heavy (non-hydrogen) atoms. The van der Waals surface area contributed by atoms with Gasteiger partial charge in [-0.05, 0) is 31.5 Å². The van der Waals surface area contributed by atoms with Crippen LogP contribution in [0.5, 0.6) is 0 Å². The highest BCUT2D eigenvalue weighted by molar-refractivity contribution is 7.92. The summed E-state index contributed by atoms with van der Waals surface area (Å²) in [5.74, 6) is 0.373. The molecular formula is C12H15ClN4O2S. The van der Waals surface area contributed by atoms with E-state index in [1.165, 1.54) is 16.8 Å². The molecule has 0 aliphatic heterocycles. The van der Waals surface area contributed by atoms with Crippen molar-refractivity contribution >= 4 is 33.1 Å². The normalized spacial score (nSPS) is 11.6. The molecule has 0 fully saturated rings. The minimum Gasteiger partial charge on any atom is -0.398 e. The molecule has 3 N–H and O–H groups in total. The zero-order valence-corrected chi connectivity index (χ0v) is 12.9. The summed E-state index contributed by atoms with van der Waals surface area (Å²) >= 11 is 5.97. The van der Waals surface area contributed by atoms with Crippen LogP contribution in [0.4, 0.5) is 11.5 Å². The maximum atomic E-state index is 12.3. The number of sulfonamides is 1. The van der Waals surface area contributed by atoms with Gasteiger partial charge in [0.2, 0.25) is 0 Å². The summed E-state index contributed by atoms with van der Waals surface area (Å²) < 4.78 is 28.5. The number of nitrogens with zero attached hydrogens (tertiary/aromatic N) is 2. The fourth-order valence-electron chi connectivity index (χ4n) is 1.73. The molecule has 8 heteroatoms. The molecule has 0 aliphatic carbocycles. The summed E-state index contributed by atoms with van der Waals surface area (Å²) in [4.78, 5) is 0.0180. The number of anilines is 2. The van der Waals surface area contributed by atoms with Crippen LogP contribution in [0.15, 0.2) is 23.1 Å². The van der Waals surface area contributed by atoms with Crippen LogP contribution >= 0.6 is 11.6 Å². The van der Waals surface area contributed by atoms with Crippen molar-refractivity contribution < 1.29 is 8.42 Å². The molecule has 0 amide bonds. The van der Waals surface area contributed by atoms with Crippen molar-refractivity contribution in [3.05, 3.63) is 34.5 Å². The van der Waals surface area contributed by atoms with Crippen molar-refractivity contribution in [1.82, 2.24) is 9.78 Å². The molecule has 2 aromatic rings. The zero-order chi connectivity index (χ0) is 15.1. The first-order valence-corrected chi connectivity index (χ1v) is 7.66. The fraction of sp³-hybridized carbons (Fsp3) is 0.250. The fourth-order valence-corrected chi connectivity index (χ4v) is 3.16. The third-order valence-corrected chi connectivity index (χ3v) is 4.64. The number of rotatable bonds is 3. The minimum absolute atomic E-state index is 0.0180. The number of aryl methyl sites for hydroxylation is 2. The van der Waals surface area contributed by atoms with E-state index in [-0.39, 0.29) is 4.90 Å². The number of halogens is 1. The maximum Gasteiger partial charge on any atom is 0.263 e. The number of nitrogens with one attached hydrogen (secondary N) is 1. The summed E-state index contributed by atoms with van der Waals surface area (Å²) in [6, 6.07) is 4.39. The highest BCUT2D eigenvalue weighted by Gasteiger charge is 2.18. The van der Waals surface area contributed by atoms with Crippen molar-refractivity contribution in [3.8, 4) is 0 Å². The third kappa shape index (κ3) is 2.73. The Morgan fingerprint density at radius 3 is 2.45 bits per heavy atom. The molecule has 0 radical (unpaired) electrons. The topological polar surface area (TPSA) is 90.0 Å². The first kappa shape index (κ1) is 14.7. The van der Waals surface area contributed by atoms with Gasteiger partial charge < -0.3 is 5.73 Å². The molecule has 1 aromatic heterocycles. The van der Waals surface area contributed by atoms with Crippen molar-refractivity contribution in [2.75, 3.05) is 10.5 Å². The van der Waals surface area contributed by atoms with Crippen LogP contribution in [0.2, 0.25) is 5.02 Å². The van der Waals surface area contributed by atoms with Crippen LogP contribution in [0.1, 0.15) is 11.3 Å². The largest absolute Gasteiger partial charge is 0.398 e. The number of aromatic nitrogens is 2. The van der Waals surface area contributed by atoms with Crippen LogP contribution in [-0.2, 0) is 17.1 Å². The lowest BCUT2D eigenvalue weighted by Crippen LogP contribution is -2.16. The predicted octanol–water partition coefficient (Wildman–Crippen LogP) is 2.07. The molecule has 0 bridgehead atoms. The maximum absolute atomic E-state index is 12.3. The molecule has 1 heterocycles. The molecule has 0 aliphatic rings. The summed E-state index contributed by atoms with van der Waals surface area (Å²) in [5, 5.41) is 4.39. The van der Waals surface area contributed by atoms with Gasteiger partial charge in [-0.2, -0.15) is 5.10 Å². The van der Waals surface area contributed by atoms with Gasteiger partial charge in [-0.25, -0.2) is 8.42 Å². The van der Waals surface area contributed by atoms with Gasteiger partial charge >= 0.3 is 0 Å². The molecule has 0 spiro atoms. The third-order valence-electron chi connectivity index (χ3n) is 2.91. The Balaban J connectivity index is 2.43. The highest BCUT2D eigenvalue weighted by atomic mass is 35.5. The van der Waals surface area contributed by atoms with E-state index in [9.17, 15) is 8.42 Å². The van der Waals surface area contributed by atoms with Gasteiger partial charge in [0.05, 0.1) is 10.6 Å². The summed E-state index contributed by atoms with van der Waals surface area (Å²) in [6.07, 6.45) is 0. The van der Waals surface area contributed by atoms with Gasteiger partial charge in [-0.15, -0.1) is 0 Å². The van der Waals surface area contributed by atoms with E-state index >= 15 is 0 Å². The Morgan fingerprint density at radius 2 is 1.95 bits per heavy atom. The molecule has 0 unspecified atom stereocenters. The second-order valence-corrected chi connectivity index (χ2v) is 6.61. The lowest BCUT2D eigenvalue weighted by molar-refractivity contribution is 0.600. The average Bonchev–Trinajstić information content (AvgIpc) is 2.63. The van der Waals surface area contributed by atoms with Gasteiger partial charge in [0.1, 0.15) is 5.82 Å². The lowest BCUT2D eigenvalue weighted by atomic mass is 10.2. The molecule has 0 saturated heterocycles. The van der Waals surface area contributed by atoms with Crippen LogP contribution in [0.25, 0.3) is 0 Å². The minimum atomic E-state index is -3.76. The van der Waals surface area contributed by atoms with E-state index < -0.39 is 10.0 Å². The first-order chi connectivity index (χ1) is 9.20. The van der Waals surface area contributed by atoms with Crippen molar-refractivity contribution in [1.29, 1.82) is 0 Å². The predicted molar refractivity (Wildman–Crippen MR) is 79.4 cm³/mol. The molecule has 6 nitrogen and oxygen atoms in total. The summed E-state index contributed by atoms with van der Waals surface area (Å²) in [6.45, 7) is 3.50. The van der Waals surface area contributed by atoms with Crippen LogP contribution in [0.3, 0.4) is 0 Å². The number of nitrogens with two attached hydrogens (primary N) is 1. The van der Waals surface area contributed by atoms with Gasteiger partial charge in [0.15, 0.2) is 0 Å². The molecule has 2 rings (SSSR count). The van der Waals surface area contributed by atoms with Crippen LogP contribution in [0, 0.1) is 13.8 Å². The number of benzene rings is 1. The Bertz CT molecular complexity index is 745. The van der Waals surface area contributed by atoms with E-state index in [4.69, 9.17) is 17.3 Å². The highest BCUT2D eigenvalue weighted by Crippen LogP contribution is 2.27. The number of nitrogen functional groups attached to an aromatic ring is 1. The number of hydrogen-bond acceptors (Lipinski definition) is 4. The Labute approximate surface area is 122 Å². The monoisotopic (exact) mass is 314 g/mol. The van der Waals surface area contributed by atoms with Gasteiger partial charge in [0, 0.05) is 23.8 Å². The SMILES string of the molecule is Cc1cc(NS(=O)(=O)c2cc(N)c(C)c(Cl)c2)n(C)n1. The zero-order valence-electron chi connectivity index (χ0n) is 11.3. The van der Waals surface area contributed by atoms with Crippen molar-refractivity contribution in [2.45, 2.75) is 18.7 Å².